The van der Waals surface area contributed by atoms with Crippen LogP contribution in [0, 0.1) is 0 Å². The number of hydrogen-bond acceptors (Lipinski definition) is 6. The topological polar surface area (TPSA) is 76.5 Å². The molecule has 0 bridgehead atoms. The van der Waals surface area contributed by atoms with Crippen molar-refractivity contribution in [3.05, 3.63) is 0 Å². The van der Waals surface area contributed by atoms with Gasteiger partial charge in [0.25, 0.3) is 0 Å². The Balaban J connectivity index is 1.57. The van der Waals surface area contributed by atoms with E-state index in [1.165, 1.54) is 0 Å². The van der Waals surface area contributed by atoms with Crippen molar-refractivity contribution in [2.24, 2.45) is 0 Å². The monoisotopic (exact) mass is 327 g/mol. The van der Waals surface area contributed by atoms with Gasteiger partial charge in [-0.1, -0.05) is 0 Å². The van der Waals surface area contributed by atoms with E-state index in [-0.39, 0.29) is 24.1 Å². The standard InChI is InChI=1S/C16H29N3O4/c1-16(4-3-5-17(16)2)15(22)19-8-6-18(7-9-19)12-10-23-11-13(20)14(12)21/h12-14,20-21H,3-11H2,1-2H3/t12-,13-,14+,16?/m1/s1. The Morgan fingerprint density at radius 1 is 1.13 bits per heavy atom. The Bertz CT molecular complexity index is 441. The number of carbonyl (C=O) groups excluding carboxylic acids is 1. The molecule has 4 atom stereocenters. The summed E-state index contributed by atoms with van der Waals surface area (Å²) in [4.78, 5) is 19.1. The number of aliphatic hydroxyl groups excluding tert-OH is 2. The number of ether oxygens (including phenoxy) is 1. The molecule has 1 unspecified atom stereocenters. The summed E-state index contributed by atoms with van der Waals surface area (Å²) in [6, 6.07) is -0.180. The van der Waals surface area contributed by atoms with Crippen LogP contribution in [-0.2, 0) is 9.53 Å². The second-order valence-electron chi connectivity index (χ2n) is 7.29. The van der Waals surface area contributed by atoms with Crippen molar-refractivity contribution in [2.75, 3.05) is 53.0 Å². The lowest BCUT2D eigenvalue weighted by Gasteiger charge is -2.45. The van der Waals surface area contributed by atoms with Gasteiger partial charge in [-0.3, -0.25) is 14.6 Å². The first-order valence-corrected chi connectivity index (χ1v) is 8.62. The van der Waals surface area contributed by atoms with Crippen LogP contribution in [0.4, 0.5) is 0 Å². The average molecular weight is 327 g/mol. The van der Waals surface area contributed by atoms with Gasteiger partial charge < -0.3 is 19.8 Å². The van der Waals surface area contributed by atoms with E-state index in [1.54, 1.807) is 0 Å². The Morgan fingerprint density at radius 2 is 1.83 bits per heavy atom. The summed E-state index contributed by atoms with van der Waals surface area (Å²) in [7, 11) is 2.03. The third-order valence-corrected chi connectivity index (χ3v) is 5.90. The highest BCUT2D eigenvalue weighted by Gasteiger charge is 2.44. The molecule has 0 radical (unpaired) electrons. The van der Waals surface area contributed by atoms with E-state index in [1.807, 2.05) is 18.9 Å². The van der Waals surface area contributed by atoms with Crippen molar-refractivity contribution in [3.8, 4) is 0 Å². The van der Waals surface area contributed by atoms with Crippen molar-refractivity contribution in [1.82, 2.24) is 14.7 Å². The highest BCUT2D eigenvalue weighted by Crippen LogP contribution is 2.30. The molecule has 3 aliphatic rings. The zero-order valence-corrected chi connectivity index (χ0v) is 14.1. The fourth-order valence-corrected chi connectivity index (χ4v) is 4.05. The van der Waals surface area contributed by atoms with Gasteiger partial charge >= 0.3 is 0 Å². The molecule has 7 nitrogen and oxygen atoms in total. The third kappa shape index (κ3) is 3.13. The van der Waals surface area contributed by atoms with E-state index in [0.717, 1.165) is 19.4 Å². The minimum absolute atomic E-state index is 0.180. The van der Waals surface area contributed by atoms with Crippen LogP contribution in [0.1, 0.15) is 19.8 Å². The minimum Gasteiger partial charge on any atom is -0.389 e. The molecule has 0 spiro atoms. The maximum absolute atomic E-state index is 12.9. The van der Waals surface area contributed by atoms with Crippen LogP contribution in [0.15, 0.2) is 0 Å². The maximum Gasteiger partial charge on any atom is 0.242 e. The predicted molar refractivity (Wildman–Crippen MR) is 85.0 cm³/mol. The second-order valence-corrected chi connectivity index (χ2v) is 7.29. The van der Waals surface area contributed by atoms with Crippen LogP contribution in [-0.4, -0.2) is 108 Å². The molecule has 7 heteroatoms. The van der Waals surface area contributed by atoms with Crippen LogP contribution in [0.3, 0.4) is 0 Å². The number of nitrogens with zero attached hydrogens (tertiary/aromatic N) is 3. The molecule has 0 aromatic carbocycles. The van der Waals surface area contributed by atoms with Crippen LogP contribution in [0.5, 0.6) is 0 Å². The lowest BCUT2D eigenvalue weighted by molar-refractivity contribution is -0.150. The molecule has 0 saturated carbocycles. The zero-order valence-electron chi connectivity index (χ0n) is 14.1. The van der Waals surface area contributed by atoms with Crippen LogP contribution in [0.2, 0.25) is 0 Å². The zero-order chi connectivity index (χ0) is 16.6. The molecule has 3 heterocycles. The molecule has 0 aromatic rings. The lowest BCUT2D eigenvalue weighted by Crippen LogP contribution is -2.63. The molecule has 0 aliphatic carbocycles. The number of rotatable bonds is 2. The van der Waals surface area contributed by atoms with Gasteiger partial charge in [0, 0.05) is 26.2 Å². The van der Waals surface area contributed by atoms with Gasteiger partial charge in [0.2, 0.25) is 5.91 Å². The minimum atomic E-state index is -0.820. The van der Waals surface area contributed by atoms with Gasteiger partial charge in [-0.05, 0) is 33.4 Å². The molecule has 0 aromatic heterocycles. The molecule has 3 rings (SSSR count). The summed E-state index contributed by atoms with van der Waals surface area (Å²) in [5.41, 5.74) is -0.369. The maximum atomic E-state index is 12.9. The van der Waals surface area contributed by atoms with E-state index in [2.05, 4.69) is 9.80 Å². The number of hydrogen-bond donors (Lipinski definition) is 2. The summed E-state index contributed by atoms with van der Waals surface area (Å²) >= 11 is 0. The van der Waals surface area contributed by atoms with Crippen molar-refractivity contribution in [2.45, 2.75) is 43.6 Å². The largest absolute Gasteiger partial charge is 0.389 e. The van der Waals surface area contributed by atoms with Crippen molar-refractivity contribution < 1.29 is 19.7 Å². The summed E-state index contributed by atoms with van der Waals surface area (Å²) in [6.45, 7) is 6.42. The van der Waals surface area contributed by atoms with Gasteiger partial charge in [0.05, 0.1) is 30.9 Å². The Labute approximate surface area is 137 Å². The number of aliphatic hydroxyl groups is 2. The molecule has 3 fully saturated rings. The van der Waals surface area contributed by atoms with E-state index >= 15 is 0 Å². The summed E-state index contributed by atoms with van der Waals surface area (Å²) < 4.78 is 5.36. The lowest BCUT2D eigenvalue weighted by atomic mass is 9.96. The van der Waals surface area contributed by atoms with Gasteiger partial charge in [0.15, 0.2) is 0 Å². The van der Waals surface area contributed by atoms with Gasteiger partial charge in [-0.15, -0.1) is 0 Å². The molecule has 3 aliphatic heterocycles. The molecular formula is C16H29N3O4. The second kappa shape index (κ2) is 6.64. The van der Waals surface area contributed by atoms with Gasteiger partial charge in [-0.2, -0.15) is 0 Å². The number of likely N-dealkylation sites (N-methyl/N-ethyl adjacent to an activating group) is 1. The fraction of sp³-hybridized carbons (Fsp3) is 0.938. The highest BCUT2D eigenvalue weighted by atomic mass is 16.5. The smallest absolute Gasteiger partial charge is 0.242 e. The van der Waals surface area contributed by atoms with Gasteiger partial charge in [-0.25, -0.2) is 0 Å². The first-order chi connectivity index (χ1) is 10.9. The number of likely N-dealkylation sites (tertiary alicyclic amines) is 1. The summed E-state index contributed by atoms with van der Waals surface area (Å²) in [5, 5.41) is 19.9. The average Bonchev–Trinajstić information content (AvgIpc) is 2.90. The number of amides is 1. The molecule has 132 valence electrons. The molecular weight excluding hydrogens is 298 g/mol. The Hall–Kier alpha value is -0.730. The quantitative estimate of drug-likeness (QED) is 0.659. The molecule has 1 amide bonds. The van der Waals surface area contributed by atoms with Crippen molar-refractivity contribution >= 4 is 5.91 Å². The van der Waals surface area contributed by atoms with E-state index in [4.69, 9.17) is 4.74 Å². The first kappa shape index (κ1) is 17.1. The highest BCUT2D eigenvalue weighted by molar-refractivity contribution is 5.86. The molecule has 23 heavy (non-hydrogen) atoms. The van der Waals surface area contributed by atoms with E-state index in [0.29, 0.717) is 32.8 Å². The summed E-state index contributed by atoms with van der Waals surface area (Å²) in [5.74, 6) is 0.220. The SMILES string of the molecule is CN1CCCC1(C)C(=O)N1CCN([C@@H]2COC[C@@H](O)[C@H]2O)CC1. The molecule has 3 saturated heterocycles. The van der Waals surface area contributed by atoms with E-state index < -0.39 is 12.2 Å². The predicted octanol–water partition coefficient (Wildman–Crippen LogP) is -1.26. The Kier molecular flexibility index (Phi) is 4.94. The first-order valence-electron chi connectivity index (χ1n) is 8.62. The summed E-state index contributed by atoms with van der Waals surface area (Å²) in [6.07, 6.45) is 0.399. The normalized spacial score (nSPS) is 40.5. The fourth-order valence-electron chi connectivity index (χ4n) is 4.05. The van der Waals surface area contributed by atoms with Crippen LogP contribution in [0.25, 0.3) is 0 Å². The van der Waals surface area contributed by atoms with Crippen molar-refractivity contribution in [1.29, 1.82) is 0 Å². The van der Waals surface area contributed by atoms with Crippen LogP contribution >= 0.6 is 0 Å². The Morgan fingerprint density at radius 3 is 2.43 bits per heavy atom. The van der Waals surface area contributed by atoms with E-state index in [9.17, 15) is 15.0 Å². The number of piperazine rings is 1. The van der Waals surface area contributed by atoms with Crippen molar-refractivity contribution in [3.63, 3.8) is 0 Å². The molecule has 2 N–H and O–H groups in total. The van der Waals surface area contributed by atoms with Crippen LogP contribution < -0.4 is 0 Å². The third-order valence-electron chi connectivity index (χ3n) is 5.90. The van der Waals surface area contributed by atoms with Gasteiger partial charge in [0.1, 0.15) is 6.10 Å². The number of carbonyl (C=O) groups is 1.